The summed E-state index contributed by atoms with van der Waals surface area (Å²) in [5.74, 6) is -5.83. The van der Waals surface area contributed by atoms with Crippen LogP contribution in [0, 0.1) is 47.3 Å². The Balaban J connectivity index is 2.12. The average Bonchev–Trinajstić information content (AvgIpc) is 3.14. The summed E-state index contributed by atoms with van der Waals surface area (Å²) in [6.45, 7) is 22.7. The van der Waals surface area contributed by atoms with Gasteiger partial charge in [-0.3, -0.25) is 14.4 Å². The van der Waals surface area contributed by atoms with E-state index < -0.39 is 120 Å². The van der Waals surface area contributed by atoms with Crippen LogP contribution in [0.5, 0.6) is 0 Å². The second-order valence-electron chi connectivity index (χ2n) is 18.7. The van der Waals surface area contributed by atoms with Gasteiger partial charge in [-0.1, -0.05) is 55.4 Å². The molecule has 0 spiro atoms. The highest BCUT2D eigenvalue weighted by Gasteiger charge is 2.50. The van der Waals surface area contributed by atoms with Crippen molar-refractivity contribution in [3.8, 4) is 0 Å². The molecule has 0 aliphatic carbocycles. The summed E-state index contributed by atoms with van der Waals surface area (Å²) in [6, 6.07) is 0. The molecule has 3 heterocycles. The zero-order valence-corrected chi connectivity index (χ0v) is 37.6. The third-order valence-corrected chi connectivity index (χ3v) is 13.1. The number of hydrogen-bond acceptors (Lipinski definition) is 15. The van der Waals surface area contributed by atoms with Gasteiger partial charge in [0.1, 0.15) is 42.2 Å². The minimum Gasteiger partial charge on any atom is -0.461 e. The normalized spacial score (nSPS) is 45.6. The maximum Gasteiger partial charge on any atom is 0.311 e. The van der Waals surface area contributed by atoms with Crippen molar-refractivity contribution in [1.82, 2.24) is 0 Å². The predicted octanol–water partition coefficient (Wildman–Crippen LogP) is 3.82. The first-order valence-electron chi connectivity index (χ1n) is 21.2. The van der Waals surface area contributed by atoms with Crippen molar-refractivity contribution < 1.29 is 72.7 Å². The number of hydrogen-bond donors (Lipinski definition) is 4. The first kappa shape index (κ1) is 50.6. The Morgan fingerprint density at radius 2 is 1.40 bits per heavy atom. The van der Waals surface area contributed by atoms with Crippen LogP contribution in [-0.4, -0.2) is 138 Å². The van der Waals surface area contributed by atoms with Crippen LogP contribution in [0.15, 0.2) is 0 Å². The lowest BCUT2D eigenvalue weighted by Gasteiger charge is -2.45. The predicted molar refractivity (Wildman–Crippen MR) is 212 cm³/mol. The number of ether oxygens (including phenoxy) is 8. The number of carbonyl (C=O) groups excluding carboxylic acids is 3. The molecule has 0 aromatic heterocycles. The SMILES string of the molecule is COC1C(OCC(C)C2OC(=O)C(C)C(OC3CC(C)(O)C(O)C(C)O3)C(C)C(C)C(C)CC(C)(O)C(=O)C(C)C(OC(=O)CC(C)C)C2C)OC(C)C(O)C1OC. The molecule has 0 bridgehead atoms. The standard InChI is InChI=1S/C43H76O15/c1-20(2)16-30(44)56-35-25(7)33(22(4)19-53-41-37(52-15)36(51-14)32(45)28(10)55-41)58-40(48)27(9)34(57-31-18-43(13,50)39(47)29(11)54-31)24(6)23(5)21(3)17-42(12,49)38(46)26(35)8/h20-29,31-37,39,41,45,47,49-50H,16-19H2,1-15H3. The number of aliphatic hydroxyl groups is 4. The van der Waals surface area contributed by atoms with Crippen molar-refractivity contribution in [2.75, 3.05) is 20.8 Å². The third kappa shape index (κ3) is 12.0. The Morgan fingerprint density at radius 1 is 0.793 bits per heavy atom. The van der Waals surface area contributed by atoms with Crippen molar-refractivity contribution >= 4 is 17.7 Å². The number of rotatable bonds is 11. The Morgan fingerprint density at radius 3 is 1.95 bits per heavy atom. The van der Waals surface area contributed by atoms with Crippen LogP contribution >= 0.6 is 0 Å². The zero-order valence-electron chi connectivity index (χ0n) is 37.6. The van der Waals surface area contributed by atoms with Gasteiger partial charge in [-0.05, 0) is 64.7 Å². The van der Waals surface area contributed by atoms with Crippen LogP contribution in [0.3, 0.4) is 0 Å². The molecule has 338 valence electrons. The van der Waals surface area contributed by atoms with E-state index >= 15 is 0 Å². The summed E-state index contributed by atoms with van der Waals surface area (Å²) in [6.07, 6.45) is -9.91. The molecular weight excluding hydrogens is 756 g/mol. The molecule has 3 fully saturated rings. The van der Waals surface area contributed by atoms with Crippen molar-refractivity contribution in [2.24, 2.45) is 47.3 Å². The highest BCUT2D eigenvalue weighted by atomic mass is 16.7. The van der Waals surface area contributed by atoms with Gasteiger partial charge in [-0.15, -0.1) is 0 Å². The summed E-state index contributed by atoms with van der Waals surface area (Å²) >= 11 is 0. The fraction of sp³-hybridized carbons (Fsp3) is 0.930. The van der Waals surface area contributed by atoms with E-state index in [1.807, 2.05) is 34.6 Å². The lowest BCUT2D eigenvalue weighted by atomic mass is 9.71. The summed E-state index contributed by atoms with van der Waals surface area (Å²) in [7, 11) is 2.92. The number of ketones is 1. The first-order valence-corrected chi connectivity index (χ1v) is 21.2. The van der Waals surface area contributed by atoms with Crippen molar-refractivity contribution in [3.63, 3.8) is 0 Å². The highest BCUT2D eigenvalue weighted by molar-refractivity contribution is 5.89. The maximum atomic E-state index is 14.6. The molecule has 20 unspecified atom stereocenters. The maximum absolute atomic E-state index is 14.6. The van der Waals surface area contributed by atoms with Crippen LogP contribution in [0.2, 0.25) is 0 Å². The summed E-state index contributed by atoms with van der Waals surface area (Å²) in [4.78, 5) is 42.3. The molecule has 3 saturated heterocycles. The van der Waals surface area contributed by atoms with Gasteiger partial charge in [0.15, 0.2) is 18.4 Å². The monoisotopic (exact) mass is 833 g/mol. The molecular formula is C43H76O15. The molecule has 3 rings (SSSR count). The van der Waals surface area contributed by atoms with E-state index in [9.17, 15) is 34.8 Å². The fourth-order valence-corrected chi connectivity index (χ4v) is 9.13. The molecule has 0 aromatic rings. The molecule has 3 aliphatic rings. The van der Waals surface area contributed by atoms with Gasteiger partial charge >= 0.3 is 11.9 Å². The molecule has 58 heavy (non-hydrogen) atoms. The molecule has 0 amide bonds. The van der Waals surface area contributed by atoms with E-state index in [1.165, 1.54) is 28.1 Å². The van der Waals surface area contributed by atoms with Gasteiger partial charge in [0, 0.05) is 38.9 Å². The molecule has 15 heteroatoms. The van der Waals surface area contributed by atoms with Crippen molar-refractivity contribution in [3.05, 3.63) is 0 Å². The summed E-state index contributed by atoms with van der Waals surface area (Å²) in [5.41, 5.74) is -3.34. The molecule has 0 saturated carbocycles. The molecule has 20 atom stereocenters. The molecule has 4 N–H and O–H groups in total. The average molecular weight is 833 g/mol. The van der Waals surface area contributed by atoms with Crippen molar-refractivity contribution in [1.29, 1.82) is 0 Å². The van der Waals surface area contributed by atoms with Crippen LogP contribution < -0.4 is 0 Å². The quantitative estimate of drug-likeness (QED) is 0.219. The van der Waals surface area contributed by atoms with Gasteiger partial charge < -0.3 is 58.3 Å². The van der Waals surface area contributed by atoms with Gasteiger partial charge in [0.25, 0.3) is 0 Å². The summed E-state index contributed by atoms with van der Waals surface area (Å²) in [5, 5.41) is 44.3. The van der Waals surface area contributed by atoms with Crippen LogP contribution in [0.25, 0.3) is 0 Å². The number of esters is 2. The Labute approximate surface area is 346 Å². The zero-order chi connectivity index (χ0) is 44.2. The first-order chi connectivity index (χ1) is 26.8. The number of carbonyl (C=O) groups is 3. The lowest BCUT2D eigenvalue weighted by Crippen LogP contribution is -2.59. The van der Waals surface area contributed by atoms with Crippen LogP contribution in [-0.2, 0) is 52.3 Å². The Kier molecular flexibility index (Phi) is 18.2. The van der Waals surface area contributed by atoms with Gasteiger partial charge in [0.2, 0.25) is 0 Å². The lowest BCUT2D eigenvalue weighted by molar-refractivity contribution is -0.305. The van der Waals surface area contributed by atoms with Crippen LogP contribution in [0.1, 0.15) is 109 Å². The van der Waals surface area contributed by atoms with Crippen LogP contribution in [0.4, 0.5) is 0 Å². The molecule has 15 nitrogen and oxygen atoms in total. The Hall–Kier alpha value is -1.79. The largest absolute Gasteiger partial charge is 0.461 e. The van der Waals surface area contributed by atoms with Gasteiger partial charge in [-0.2, -0.15) is 0 Å². The third-order valence-electron chi connectivity index (χ3n) is 13.1. The molecule has 0 aromatic carbocycles. The van der Waals surface area contributed by atoms with Gasteiger partial charge in [-0.25, -0.2) is 0 Å². The molecule has 0 radical (unpaired) electrons. The van der Waals surface area contributed by atoms with E-state index in [0.29, 0.717) is 0 Å². The van der Waals surface area contributed by atoms with E-state index in [0.717, 1.165) is 0 Å². The second-order valence-corrected chi connectivity index (χ2v) is 18.7. The van der Waals surface area contributed by atoms with E-state index in [-0.39, 0.29) is 49.5 Å². The smallest absolute Gasteiger partial charge is 0.311 e. The second kappa shape index (κ2) is 20.9. The van der Waals surface area contributed by atoms with Crippen molar-refractivity contribution in [2.45, 2.75) is 188 Å². The topological polar surface area (TPSA) is 206 Å². The number of Topliss-reactive ketones (excluding diaryl/α,β-unsaturated/α-hetero) is 1. The number of aliphatic hydroxyl groups excluding tert-OH is 2. The molecule has 3 aliphatic heterocycles. The number of cyclic esters (lactones) is 1. The van der Waals surface area contributed by atoms with E-state index in [1.54, 1.807) is 41.5 Å². The number of methoxy groups -OCH3 is 2. The Bertz CT molecular complexity index is 1340. The highest BCUT2D eigenvalue weighted by Crippen LogP contribution is 2.40. The van der Waals surface area contributed by atoms with Gasteiger partial charge in [0.05, 0.1) is 42.4 Å². The fourth-order valence-electron chi connectivity index (χ4n) is 9.13. The van der Waals surface area contributed by atoms with E-state index in [4.69, 9.17) is 37.9 Å². The minimum atomic E-state index is -1.81. The summed E-state index contributed by atoms with van der Waals surface area (Å²) < 4.78 is 48.7. The minimum absolute atomic E-state index is 0.0392. The van der Waals surface area contributed by atoms with E-state index in [2.05, 4.69) is 0 Å².